The molecule has 4 rings (SSSR count). The second-order valence-electron chi connectivity index (χ2n) is 5.93. The third kappa shape index (κ3) is 3.33. The first-order valence-electron chi connectivity index (χ1n) is 8.28. The van der Waals surface area contributed by atoms with Crippen molar-refractivity contribution in [3.63, 3.8) is 0 Å². The second-order valence-corrected chi connectivity index (χ2v) is 7.10. The molecule has 0 N–H and O–H groups in total. The third-order valence-corrected chi connectivity index (χ3v) is 5.31. The lowest BCUT2D eigenvalue weighted by atomic mass is 10.3. The fraction of sp³-hybridized carbons (Fsp3) is 0.167. The maximum absolute atomic E-state index is 13.1. The van der Waals surface area contributed by atoms with Crippen LogP contribution in [0.5, 0.6) is 5.75 Å². The average Bonchev–Trinajstić information content (AvgIpc) is 3.27. The molecular formula is C18H14FN5O3S. The number of carbonyl (C=O) groups is 2. The number of tetrazole rings is 1. The van der Waals surface area contributed by atoms with E-state index in [1.807, 2.05) is 0 Å². The van der Waals surface area contributed by atoms with Gasteiger partial charge in [-0.3, -0.25) is 9.59 Å². The average molecular weight is 399 g/mol. The standard InChI is InChI=1S/C18H14FN5O3S/c1-27-14-8-6-12(7-9-14)23-16(25)10-15(17(23)26)28-18-20-21-22-24(18)13-4-2-11(19)3-5-13/h2-9,15H,10H2,1H3/t15-/m0/s1. The molecule has 1 aromatic heterocycles. The Labute approximate surface area is 163 Å². The van der Waals surface area contributed by atoms with Crippen molar-refractivity contribution in [3.8, 4) is 11.4 Å². The van der Waals surface area contributed by atoms with Crippen molar-refractivity contribution in [1.29, 1.82) is 0 Å². The van der Waals surface area contributed by atoms with Gasteiger partial charge < -0.3 is 4.74 Å². The van der Waals surface area contributed by atoms with E-state index in [4.69, 9.17) is 4.74 Å². The van der Waals surface area contributed by atoms with Crippen molar-refractivity contribution in [2.24, 2.45) is 0 Å². The number of thioether (sulfide) groups is 1. The van der Waals surface area contributed by atoms with Gasteiger partial charge in [0, 0.05) is 6.42 Å². The van der Waals surface area contributed by atoms with Gasteiger partial charge >= 0.3 is 0 Å². The Hall–Kier alpha value is -3.27. The van der Waals surface area contributed by atoms with Crippen LogP contribution in [0.2, 0.25) is 0 Å². The summed E-state index contributed by atoms with van der Waals surface area (Å²) in [6, 6.07) is 12.3. The highest BCUT2D eigenvalue weighted by molar-refractivity contribution is 8.00. The van der Waals surface area contributed by atoms with Crippen LogP contribution < -0.4 is 9.64 Å². The van der Waals surface area contributed by atoms with E-state index >= 15 is 0 Å². The number of ether oxygens (including phenoxy) is 1. The van der Waals surface area contributed by atoms with Crippen molar-refractivity contribution >= 4 is 29.3 Å². The van der Waals surface area contributed by atoms with Gasteiger partial charge in [0.05, 0.1) is 18.5 Å². The Bertz CT molecular complexity index is 1020. The van der Waals surface area contributed by atoms with E-state index in [-0.39, 0.29) is 24.1 Å². The van der Waals surface area contributed by atoms with Crippen LogP contribution in [0.1, 0.15) is 6.42 Å². The lowest BCUT2D eigenvalue weighted by Crippen LogP contribution is -2.31. The fourth-order valence-electron chi connectivity index (χ4n) is 2.82. The van der Waals surface area contributed by atoms with Crippen molar-refractivity contribution in [2.45, 2.75) is 16.8 Å². The van der Waals surface area contributed by atoms with Crippen LogP contribution in [-0.4, -0.2) is 44.4 Å². The highest BCUT2D eigenvalue weighted by Crippen LogP contribution is 2.34. The molecule has 3 aromatic rings. The summed E-state index contributed by atoms with van der Waals surface area (Å²) in [7, 11) is 1.54. The monoisotopic (exact) mass is 399 g/mol. The maximum atomic E-state index is 13.1. The molecule has 1 aliphatic heterocycles. The minimum Gasteiger partial charge on any atom is -0.497 e. The normalized spacial score (nSPS) is 16.6. The number of carbonyl (C=O) groups excluding carboxylic acids is 2. The number of nitrogens with zero attached hydrogens (tertiary/aromatic N) is 5. The second kappa shape index (κ2) is 7.39. The molecule has 0 saturated carbocycles. The Kier molecular flexibility index (Phi) is 4.78. The molecule has 1 saturated heterocycles. The van der Waals surface area contributed by atoms with Crippen LogP contribution in [0.4, 0.5) is 10.1 Å². The number of anilines is 1. The summed E-state index contributed by atoms with van der Waals surface area (Å²) in [4.78, 5) is 26.4. The number of methoxy groups -OCH3 is 1. The van der Waals surface area contributed by atoms with Crippen LogP contribution in [-0.2, 0) is 9.59 Å². The minimum absolute atomic E-state index is 0.0335. The molecule has 0 bridgehead atoms. The molecular weight excluding hydrogens is 385 g/mol. The van der Waals surface area contributed by atoms with Gasteiger partial charge in [-0.15, -0.1) is 5.10 Å². The van der Waals surface area contributed by atoms with Crippen LogP contribution in [0.25, 0.3) is 5.69 Å². The van der Waals surface area contributed by atoms with Gasteiger partial charge in [0.1, 0.15) is 16.8 Å². The molecule has 2 amide bonds. The number of halogens is 1. The molecule has 8 nitrogen and oxygen atoms in total. The molecule has 0 spiro atoms. The lowest BCUT2D eigenvalue weighted by Gasteiger charge is -2.15. The Morgan fingerprint density at radius 3 is 2.43 bits per heavy atom. The highest BCUT2D eigenvalue weighted by atomic mass is 32.2. The number of hydrogen-bond acceptors (Lipinski definition) is 7. The molecule has 0 radical (unpaired) electrons. The first-order chi connectivity index (χ1) is 13.6. The molecule has 142 valence electrons. The predicted octanol–water partition coefficient (Wildman–Crippen LogP) is 2.23. The van der Waals surface area contributed by atoms with E-state index in [2.05, 4.69) is 15.5 Å². The van der Waals surface area contributed by atoms with Crippen LogP contribution in [0, 0.1) is 5.82 Å². The van der Waals surface area contributed by atoms with Gasteiger partial charge in [0.25, 0.3) is 0 Å². The fourth-order valence-corrected chi connectivity index (χ4v) is 3.83. The van der Waals surface area contributed by atoms with E-state index in [0.717, 1.165) is 16.7 Å². The first-order valence-corrected chi connectivity index (χ1v) is 9.16. The number of benzene rings is 2. The summed E-state index contributed by atoms with van der Waals surface area (Å²) < 4.78 is 19.6. The Balaban J connectivity index is 1.55. The third-order valence-electron chi connectivity index (χ3n) is 4.20. The van der Waals surface area contributed by atoms with E-state index < -0.39 is 5.25 Å². The van der Waals surface area contributed by atoms with Crippen molar-refractivity contribution in [2.75, 3.05) is 12.0 Å². The first kappa shape index (κ1) is 18.1. The van der Waals surface area contributed by atoms with Crippen molar-refractivity contribution < 1.29 is 18.7 Å². The van der Waals surface area contributed by atoms with Gasteiger partial charge in [-0.25, -0.2) is 9.29 Å². The Morgan fingerprint density at radius 2 is 1.75 bits per heavy atom. The summed E-state index contributed by atoms with van der Waals surface area (Å²) in [5, 5.41) is 11.1. The summed E-state index contributed by atoms with van der Waals surface area (Å²) >= 11 is 1.10. The van der Waals surface area contributed by atoms with Crippen molar-refractivity contribution in [1.82, 2.24) is 20.2 Å². The highest BCUT2D eigenvalue weighted by Gasteiger charge is 2.41. The number of rotatable bonds is 5. The molecule has 28 heavy (non-hydrogen) atoms. The van der Waals surface area contributed by atoms with Gasteiger partial charge in [0.2, 0.25) is 17.0 Å². The lowest BCUT2D eigenvalue weighted by molar-refractivity contribution is -0.121. The van der Waals surface area contributed by atoms with Gasteiger partial charge in [-0.2, -0.15) is 4.68 Å². The molecule has 0 aliphatic carbocycles. The number of hydrogen-bond donors (Lipinski definition) is 0. The van der Waals surface area contributed by atoms with E-state index in [0.29, 0.717) is 22.3 Å². The van der Waals surface area contributed by atoms with Crippen LogP contribution in [0.3, 0.4) is 0 Å². The van der Waals surface area contributed by atoms with Gasteiger partial charge in [-0.1, -0.05) is 11.8 Å². The number of imide groups is 1. The molecule has 0 unspecified atom stereocenters. The van der Waals surface area contributed by atoms with Gasteiger partial charge in [-0.05, 0) is 59.0 Å². The Morgan fingerprint density at radius 1 is 1.07 bits per heavy atom. The zero-order valence-electron chi connectivity index (χ0n) is 14.7. The summed E-state index contributed by atoms with van der Waals surface area (Å²) in [5.41, 5.74) is 1.04. The van der Waals surface area contributed by atoms with Gasteiger partial charge in [0.15, 0.2) is 0 Å². The molecule has 10 heteroatoms. The van der Waals surface area contributed by atoms with Crippen LogP contribution >= 0.6 is 11.8 Å². The zero-order chi connectivity index (χ0) is 19.7. The molecule has 1 aliphatic rings. The maximum Gasteiger partial charge on any atom is 0.247 e. The summed E-state index contributed by atoms with van der Waals surface area (Å²) in [6.45, 7) is 0. The smallest absolute Gasteiger partial charge is 0.247 e. The molecule has 1 fully saturated rings. The number of amides is 2. The predicted molar refractivity (Wildman–Crippen MR) is 98.9 cm³/mol. The van der Waals surface area contributed by atoms with E-state index in [1.54, 1.807) is 31.4 Å². The molecule has 2 heterocycles. The molecule has 1 atom stereocenters. The summed E-state index contributed by atoms with van der Waals surface area (Å²) in [6.07, 6.45) is 0.0335. The van der Waals surface area contributed by atoms with Crippen molar-refractivity contribution in [3.05, 3.63) is 54.3 Å². The van der Waals surface area contributed by atoms with E-state index in [9.17, 15) is 14.0 Å². The quantitative estimate of drug-likeness (QED) is 0.608. The zero-order valence-corrected chi connectivity index (χ0v) is 15.5. The topological polar surface area (TPSA) is 90.2 Å². The number of aromatic nitrogens is 4. The minimum atomic E-state index is -0.653. The SMILES string of the molecule is COc1ccc(N2C(=O)C[C@H](Sc3nnnn3-c3ccc(F)cc3)C2=O)cc1. The molecule has 2 aromatic carbocycles. The largest absolute Gasteiger partial charge is 0.497 e. The summed E-state index contributed by atoms with van der Waals surface area (Å²) in [5.74, 6) is -0.382. The van der Waals surface area contributed by atoms with Crippen LogP contribution in [0.15, 0.2) is 53.7 Å². The van der Waals surface area contributed by atoms with E-state index in [1.165, 1.54) is 28.9 Å².